The summed E-state index contributed by atoms with van der Waals surface area (Å²) < 4.78 is 38.2. The van der Waals surface area contributed by atoms with Crippen LogP contribution in [0.25, 0.3) is 0 Å². The highest BCUT2D eigenvalue weighted by Gasteiger charge is 2.31. The number of aliphatic hydroxyl groups is 1. The summed E-state index contributed by atoms with van der Waals surface area (Å²) in [6.45, 7) is 2.09. The summed E-state index contributed by atoms with van der Waals surface area (Å²) in [6.07, 6.45) is -0.718. The lowest BCUT2D eigenvalue weighted by atomic mass is 10.0. The Morgan fingerprint density at radius 2 is 2.12 bits per heavy atom. The van der Waals surface area contributed by atoms with E-state index in [0.717, 1.165) is 50.6 Å². The summed E-state index contributed by atoms with van der Waals surface area (Å²) in [7, 11) is 0. The number of halogens is 4. The van der Waals surface area contributed by atoms with E-state index in [2.05, 4.69) is 10.2 Å². The molecule has 25 heavy (non-hydrogen) atoms. The Balaban J connectivity index is 1.86. The van der Waals surface area contributed by atoms with E-state index in [1.165, 1.54) is 0 Å². The molecule has 140 valence electrons. The lowest BCUT2D eigenvalue weighted by molar-refractivity contribution is -0.137. The monoisotopic (exact) mass is 378 g/mol. The third-order valence-corrected chi connectivity index (χ3v) is 4.74. The maximum atomic E-state index is 12.7. The van der Waals surface area contributed by atoms with Crippen LogP contribution in [0.1, 0.15) is 41.6 Å². The second kappa shape index (κ2) is 8.87. The minimum Gasteiger partial charge on any atom is -0.395 e. The van der Waals surface area contributed by atoms with Crippen LogP contribution in [0.2, 0.25) is 5.02 Å². The maximum absolute atomic E-state index is 12.7. The number of rotatable bonds is 6. The minimum atomic E-state index is -4.52. The molecule has 1 aromatic rings. The van der Waals surface area contributed by atoms with Crippen molar-refractivity contribution in [2.24, 2.45) is 0 Å². The molecule has 2 rings (SSSR count). The van der Waals surface area contributed by atoms with Gasteiger partial charge in [-0.25, -0.2) is 0 Å². The number of alkyl halides is 3. The number of nitrogens with zero attached hydrogens (tertiary/aromatic N) is 1. The first-order valence-electron chi connectivity index (χ1n) is 8.33. The molecule has 1 aliphatic rings. The second-order valence-corrected chi connectivity index (χ2v) is 6.58. The van der Waals surface area contributed by atoms with Crippen molar-refractivity contribution < 1.29 is 23.1 Å². The Kier molecular flexibility index (Phi) is 7.10. The highest BCUT2D eigenvalue weighted by Crippen LogP contribution is 2.31. The summed E-state index contributed by atoms with van der Waals surface area (Å²) in [5.74, 6) is -0.617. The van der Waals surface area contributed by atoms with E-state index in [4.69, 9.17) is 11.6 Å². The SMILES string of the molecule is O=C(NCCCN1CCCC[C@H]1CO)c1cc(C(F)(F)F)ccc1Cl. The van der Waals surface area contributed by atoms with E-state index >= 15 is 0 Å². The molecule has 1 aliphatic heterocycles. The number of carbonyl (C=O) groups excluding carboxylic acids is 1. The molecule has 1 atom stereocenters. The van der Waals surface area contributed by atoms with E-state index in [0.29, 0.717) is 13.0 Å². The minimum absolute atomic E-state index is 0.0122. The van der Waals surface area contributed by atoms with Gasteiger partial charge in [0.2, 0.25) is 0 Å². The highest BCUT2D eigenvalue weighted by atomic mass is 35.5. The third kappa shape index (κ3) is 5.59. The number of amides is 1. The number of benzene rings is 1. The van der Waals surface area contributed by atoms with Crippen LogP contribution in [-0.2, 0) is 6.18 Å². The molecule has 0 saturated carbocycles. The van der Waals surface area contributed by atoms with Gasteiger partial charge in [0.05, 0.1) is 22.8 Å². The van der Waals surface area contributed by atoms with Gasteiger partial charge < -0.3 is 10.4 Å². The molecule has 1 heterocycles. The van der Waals surface area contributed by atoms with Crippen LogP contribution in [-0.4, -0.2) is 48.2 Å². The molecule has 0 spiro atoms. The first-order valence-corrected chi connectivity index (χ1v) is 8.70. The number of hydrogen-bond donors (Lipinski definition) is 2. The van der Waals surface area contributed by atoms with Crippen LogP contribution in [0, 0.1) is 0 Å². The molecule has 2 N–H and O–H groups in total. The van der Waals surface area contributed by atoms with Gasteiger partial charge in [0, 0.05) is 19.1 Å². The fourth-order valence-corrected chi connectivity index (χ4v) is 3.22. The summed E-state index contributed by atoms with van der Waals surface area (Å²) in [5, 5.41) is 12.0. The molecule has 1 aromatic carbocycles. The molecular weight excluding hydrogens is 357 g/mol. The van der Waals surface area contributed by atoms with Gasteiger partial charge >= 0.3 is 6.18 Å². The molecular formula is C17H22ClF3N2O2. The average Bonchev–Trinajstić information content (AvgIpc) is 2.58. The van der Waals surface area contributed by atoms with E-state index < -0.39 is 17.6 Å². The first kappa shape index (κ1) is 20.0. The summed E-state index contributed by atoms with van der Waals surface area (Å²) >= 11 is 5.85. The van der Waals surface area contributed by atoms with Crippen molar-refractivity contribution in [3.63, 3.8) is 0 Å². The van der Waals surface area contributed by atoms with E-state index in [-0.39, 0.29) is 23.2 Å². The molecule has 1 amide bonds. The Morgan fingerprint density at radius 3 is 2.80 bits per heavy atom. The van der Waals surface area contributed by atoms with Gasteiger partial charge in [-0.05, 0) is 44.0 Å². The van der Waals surface area contributed by atoms with Gasteiger partial charge in [-0.15, -0.1) is 0 Å². The van der Waals surface area contributed by atoms with Gasteiger partial charge in [0.15, 0.2) is 0 Å². The molecule has 4 nitrogen and oxygen atoms in total. The van der Waals surface area contributed by atoms with Crippen molar-refractivity contribution in [1.29, 1.82) is 0 Å². The summed E-state index contributed by atoms with van der Waals surface area (Å²) in [5.41, 5.74) is -1.08. The van der Waals surface area contributed by atoms with Crippen LogP contribution < -0.4 is 5.32 Å². The van der Waals surface area contributed by atoms with Crippen molar-refractivity contribution in [3.8, 4) is 0 Å². The Morgan fingerprint density at radius 1 is 1.36 bits per heavy atom. The molecule has 8 heteroatoms. The normalized spacial score (nSPS) is 19.0. The number of aliphatic hydroxyl groups excluding tert-OH is 1. The molecule has 0 unspecified atom stereocenters. The molecule has 1 saturated heterocycles. The predicted octanol–water partition coefficient (Wildman–Crippen LogP) is 3.33. The number of nitrogens with one attached hydrogen (secondary N) is 1. The van der Waals surface area contributed by atoms with Gasteiger partial charge in [-0.3, -0.25) is 9.69 Å². The zero-order valence-corrected chi connectivity index (χ0v) is 14.5. The summed E-state index contributed by atoms with van der Waals surface area (Å²) in [4.78, 5) is 14.3. The smallest absolute Gasteiger partial charge is 0.395 e. The van der Waals surface area contributed by atoms with E-state index in [1.54, 1.807) is 0 Å². The van der Waals surface area contributed by atoms with Gasteiger partial charge in [-0.1, -0.05) is 18.0 Å². The zero-order chi connectivity index (χ0) is 18.4. The number of hydrogen-bond acceptors (Lipinski definition) is 3. The van der Waals surface area contributed by atoms with Crippen LogP contribution in [0.5, 0.6) is 0 Å². The predicted molar refractivity (Wildman–Crippen MR) is 89.7 cm³/mol. The first-order chi connectivity index (χ1) is 11.8. The number of carbonyl (C=O) groups is 1. The van der Waals surface area contributed by atoms with Crippen LogP contribution >= 0.6 is 11.6 Å². The molecule has 0 bridgehead atoms. The van der Waals surface area contributed by atoms with Gasteiger partial charge in [0.25, 0.3) is 5.91 Å². The van der Waals surface area contributed by atoms with Crippen LogP contribution in [0.4, 0.5) is 13.2 Å². The van der Waals surface area contributed by atoms with Crippen molar-refractivity contribution in [2.45, 2.75) is 37.9 Å². The fraction of sp³-hybridized carbons (Fsp3) is 0.588. The quantitative estimate of drug-likeness (QED) is 0.747. The Hall–Kier alpha value is -1.31. The number of piperidine rings is 1. The average molecular weight is 379 g/mol. The molecule has 0 radical (unpaired) electrons. The van der Waals surface area contributed by atoms with E-state index in [9.17, 15) is 23.1 Å². The number of likely N-dealkylation sites (tertiary alicyclic amines) is 1. The Bertz CT molecular complexity index is 596. The molecule has 0 aliphatic carbocycles. The van der Waals surface area contributed by atoms with Gasteiger partial charge in [-0.2, -0.15) is 13.2 Å². The lowest BCUT2D eigenvalue weighted by Crippen LogP contribution is -2.43. The second-order valence-electron chi connectivity index (χ2n) is 6.17. The standard InChI is InChI=1S/C17H22ClF3N2O2/c18-15-6-5-12(17(19,20)21)10-14(15)16(25)22-7-3-9-23-8-2-1-4-13(23)11-24/h5-6,10,13,24H,1-4,7-9,11H2,(H,22,25)/t13-/m0/s1. The fourth-order valence-electron chi connectivity index (χ4n) is 3.02. The van der Waals surface area contributed by atoms with Crippen molar-refractivity contribution in [2.75, 3.05) is 26.2 Å². The van der Waals surface area contributed by atoms with Crippen molar-refractivity contribution in [1.82, 2.24) is 10.2 Å². The Labute approximate surface area is 150 Å². The lowest BCUT2D eigenvalue weighted by Gasteiger charge is -2.34. The van der Waals surface area contributed by atoms with Crippen molar-refractivity contribution >= 4 is 17.5 Å². The molecule has 1 fully saturated rings. The van der Waals surface area contributed by atoms with Crippen molar-refractivity contribution in [3.05, 3.63) is 34.3 Å². The van der Waals surface area contributed by atoms with Crippen LogP contribution in [0.3, 0.4) is 0 Å². The van der Waals surface area contributed by atoms with E-state index in [1.807, 2.05) is 0 Å². The maximum Gasteiger partial charge on any atom is 0.416 e. The zero-order valence-electron chi connectivity index (χ0n) is 13.8. The topological polar surface area (TPSA) is 52.6 Å². The van der Waals surface area contributed by atoms with Crippen LogP contribution in [0.15, 0.2) is 18.2 Å². The third-order valence-electron chi connectivity index (χ3n) is 4.41. The largest absolute Gasteiger partial charge is 0.416 e. The molecule has 0 aromatic heterocycles. The van der Waals surface area contributed by atoms with Gasteiger partial charge in [0.1, 0.15) is 0 Å². The summed E-state index contributed by atoms with van der Waals surface area (Å²) in [6, 6.07) is 2.86. The highest BCUT2D eigenvalue weighted by molar-refractivity contribution is 6.33.